The minimum absolute atomic E-state index is 0.0371. The third-order valence-electron chi connectivity index (χ3n) is 2.24. The van der Waals surface area contributed by atoms with Gasteiger partial charge < -0.3 is 15.9 Å². The lowest BCUT2D eigenvalue weighted by Gasteiger charge is -2.13. The summed E-state index contributed by atoms with van der Waals surface area (Å²) in [5, 5.41) is 25.2. The number of benzene rings is 1. The molecule has 5 N–H and O–H groups in total. The van der Waals surface area contributed by atoms with Crippen LogP contribution in [0, 0.1) is 5.41 Å². The van der Waals surface area contributed by atoms with Gasteiger partial charge in [-0.3, -0.25) is 5.41 Å². The average Bonchev–Trinajstić information content (AvgIpc) is 2.34. The van der Waals surface area contributed by atoms with E-state index in [1.54, 1.807) is 0 Å². The normalized spacial score (nSPS) is 13.3. The molecule has 0 saturated carbocycles. The zero-order valence-electron chi connectivity index (χ0n) is 9.74. The zero-order valence-corrected chi connectivity index (χ0v) is 10.6. The van der Waals surface area contributed by atoms with Gasteiger partial charge in [0.05, 0.1) is 18.3 Å². The molecule has 0 spiro atoms. The van der Waals surface area contributed by atoms with Crippen LogP contribution in [0.2, 0.25) is 0 Å². The number of nitrogen functional groups attached to an aromatic ring is 1. The van der Waals surface area contributed by atoms with Crippen LogP contribution < -0.4 is 5.73 Å². The molecule has 1 atom stereocenters. The highest BCUT2D eigenvalue weighted by molar-refractivity contribution is 7.99. The van der Waals surface area contributed by atoms with Crippen molar-refractivity contribution in [2.24, 2.45) is 5.73 Å². The smallest absolute Gasteiger partial charge is 0.394 e. The van der Waals surface area contributed by atoms with Crippen LogP contribution in [0.4, 0.5) is 13.2 Å². The number of nitrogens with two attached hydrogens (primary N) is 1. The van der Waals surface area contributed by atoms with E-state index in [0.717, 1.165) is 23.9 Å². The summed E-state index contributed by atoms with van der Waals surface area (Å²) < 4.78 is 37.6. The first kappa shape index (κ1) is 15.8. The van der Waals surface area contributed by atoms with Crippen molar-refractivity contribution in [3.8, 4) is 0 Å². The predicted molar refractivity (Wildman–Crippen MR) is 66.3 cm³/mol. The summed E-state index contributed by atoms with van der Waals surface area (Å²) >= 11 is 1.03. The molecule has 0 bridgehead atoms. The molecule has 0 aromatic heterocycles. The number of nitrogens with one attached hydrogen (secondary N) is 1. The first-order valence-electron chi connectivity index (χ1n) is 5.23. The Labute approximate surface area is 111 Å². The number of alkyl halides is 3. The number of thioether (sulfide) groups is 1. The van der Waals surface area contributed by atoms with Crippen LogP contribution in [0.3, 0.4) is 0 Å². The number of hydrogen-bond acceptors (Lipinski definition) is 4. The van der Waals surface area contributed by atoms with Crippen LogP contribution in [0.25, 0.3) is 0 Å². The first-order chi connectivity index (χ1) is 8.75. The molecule has 0 fully saturated rings. The maximum absolute atomic E-state index is 12.5. The van der Waals surface area contributed by atoms with Crippen LogP contribution in [-0.4, -0.2) is 34.5 Å². The topological polar surface area (TPSA) is 90.3 Å². The van der Waals surface area contributed by atoms with Gasteiger partial charge in [0, 0.05) is 16.2 Å². The van der Waals surface area contributed by atoms with Crippen LogP contribution in [0.15, 0.2) is 23.1 Å². The lowest BCUT2D eigenvalue weighted by atomic mass is 10.1. The monoisotopic (exact) mass is 294 g/mol. The van der Waals surface area contributed by atoms with Crippen molar-refractivity contribution in [2.75, 3.05) is 12.4 Å². The molecule has 0 saturated heterocycles. The minimum atomic E-state index is -4.50. The van der Waals surface area contributed by atoms with Gasteiger partial charge in [0.1, 0.15) is 5.84 Å². The van der Waals surface area contributed by atoms with E-state index < -0.39 is 30.3 Å². The molecule has 0 aliphatic rings. The Balaban J connectivity index is 3.02. The molecule has 0 radical (unpaired) electrons. The molecular formula is C11H13F3N2O2S. The zero-order chi connectivity index (χ0) is 14.6. The van der Waals surface area contributed by atoms with Gasteiger partial charge in [0.15, 0.2) is 0 Å². The molecule has 1 unspecified atom stereocenters. The summed E-state index contributed by atoms with van der Waals surface area (Å²) in [6.07, 6.45) is -5.48. The second-order valence-electron chi connectivity index (χ2n) is 3.77. The van der Waals surface area contributed by atoms with Gasteiger partial charge in [-0.15, -0.1) is 11.8 Å². The van der Waals surface area contributed by atoms with Crippen molar-refractivity contribution in [1.82, 2.24) is 0 Å². The average molecular weight is 294 g/mol. The molecule has 19 heavy (non-hydrogen) atoms. The van der Waals surface area contributed by atoms with E-state index in [0.29, 0.717) is 4.90 Å². The largest absolute Gasteiger partial charge is 0.416 e. The van der Waals surface area contributed by atoms with Crippen LogP contribution in [0.1, 0.15) is 11.1 Å². The van der Waals surface area contributed by atoms with Crippen molar-refractivity contribution in [1.29, 1.82) is 5.41 Å². The Hall–Kier alpha value is -1.25. The van der Waals surface area contributed by atoms with Gasteiger partial charge in [0.2, 0.25) is 0 Å². The van der Waals surface area contributed by atoms with Crippen molar-refractivity contribution >= 4 is 17.6 Å². The molecule has 106 valence electrons. The van der Waals surface area contributed by atoms with Crippen LogP contribution in [0.5, 0.6) is 0 Å². The summed E-state index contributed by atoms with van der Waals surface area (Å²) in [7, 11) is 0. The molecule has 8 heteroatoms. The summed E-state index contributed by atoms with van der Waals surface area (Å²) in [6.45, 7) is -0.441. The van der Waals surface area contributed by atoms with Gasteiger partial charge in [-0.1, -0.05) is 0 Å². The van der Waals surface area contributed by atoms with E-state index in [4.69, 9.17) is 16.2 Å². The highest BCUT2D eigenvalue weighted by atomic mass is 32.2. The third kappa shape index (κ3) is 4.41. The summed E-state index contributed by atoms with van der Waals surface area (Å²) in [5.74, 6) is -0.380. The second kappa shape index (κ2) is 6.27. The van der Waals surface area contributed by atoms with E-state index in [1.165, 1.54) is 6.07 Å². The lowest BCUT2D eigenvalue weighted by molar-refractivity contribution is -0.137. The van der Waals surface area contributed by atoms with Gasteiger partial charge in [-0.2, -0.15) is 13.2 Å². The molecule has 0 aliphatic heterocycles. The fourth-order valence-corrected chi connectivity index (χ4v) is 2.25. The molecule has 0 aliphatic carbocycles. The van der Waals surface area contributed by atoms with Crippen LogP contribution >= 0.6 is 11.8 Å². The van der Waals surface area contributed by atoms with Gasteiger partial charge in [0.25, 0.3) is 0 Å². The van der Waals surface area contributed by atoms with Crippen molar-refractivity contribution in [3.05, 3.63) is 29.3 Å². The number of amidine groups is 1. The minimum Gasteiger partial charge on any atom is -0.394 e. The summed E-state index contributed by atoms with van der Waals surface area (Å²) in [5.41, 5.74) is 4.33. The molecular weight excluding hydrogens is 281 g/mol. The maximum atomic E-state index is 12.5. The van der Waals surface area contributed by atoms with Gasteiger partial charge in [-0.25, -0.2) is 0 Å². The SMILES string of the molecule is N=C(N)c1cc(C(F)(F)F)ccc1SCC(O)CO. The molecule has 0 amide bonds. The fourth-order valence-electron chi connectivity index (χ4n) is 1.28. The quantitative estimate of drug-likeness (QED) is 0.376. The Morgan fingerprint density at radius 1 is 1.42 bits per heavy atom. The molecule has 0 heterocycles. The fraction of sp³-hybridized carbons (Fsp3) is 0.364. The number of rotatable bonds is 5. The van der Waals surface area contributed by atoms with E-state index in [-0.39, 0.29) is 11.3 Å². The van der Waals surface area contributed by atoms with E-state index in [2.05, 4.69) is 0 Å². The van der Waals surface area contributed by atoms with Gasteiger partial charge in [-0.05, 0) is 18.2 Å². The lowest BCUT2D eigenvalue weighted by Crippen LogP contribution is -2.17. The first-order valence-corrected chi connectivity index (χ1v) is 6.21. The number of aliphatic hydroxyl groups excluding tert-OH is 2. The van der Waals surface area contributed by atoms with Crippen molar-refractivity contribution in [2.45, 2.75) is 17.2 Å². The standard InChI is InChI=1S/C11H13F3N2O2S/c12-11(13,14)6-1-2-9(8(3-6)10(15)16)19-5-7(18)4-17/h1-3,7,17-18H,4-5H2,(H3,15,16). The van der Waals surface area contributed by atoms with E-state index in [9.17, 15) is 18.3 Å². The summed E-state index contributed by atoms with van der Waals surface area (Å²) in [4.78, 5) is 0.355. The number of aliphatic hydroxyl groups is 2. The van der Waals surface area contributed by atoms with Crippen LogP contribution in [-0.2, 0) is 6.18 Å². The summed E-state index contributed by atoms with van der Waals surface area (Å²) in [6, 6.07) is 2.89. The van der Waals surface area contributed by atoms with E-state index in [1.807, 2.05) is 0 Å². The molecule has 1 aromatic rings. The number of hydrogen-bond donors (Lipinski definition) is 4. The Kier molecular flexibility index (Phi) is 5.21. The highest BCUT2D eigenvalue weighted by Gasteiger charge is 2.31. The maximum Gasteiger partial charge on any atom is 0.416 e. The predicted octanol–water partition coefficient (Wildman–Crippen LogP) is 1.43. The molecule has 1 aromatic carbocycles. The number of halogens is 3. The van der Waals surface area contributed by atoms with E-state index >= 15 is 0 Å². The Morgan fingerprint density at radius 3 is 2.53 bits per heavy atom. The van der Waals surface area contributed by atoms with Gasteiger partial charge >= 0.3 is 6.18 Å². The van der Waals surface area contributed by atoms with Crippen molar-refractivity contribution in [3.63, 3.8) is 0 Å². The highest BCUT2D eigenvalue weighted by Crippen LogP contribution is 2.33. The third-order valence-corrected chi connectivity index (χ3v) is 3.46. The van der Waals surface area contributed by atoms with Crippen molar-refractivity contribution < 1.29 is 23.4 Å². The Morgan fingerprint density at radius 2 is 2.05 bits per heavy atom. The Bertz CT molecular complexity index is 466. The molecule has 4 nitrogen and oxygen atoms in total. The molecule has 1 rings (SSSR count). The second-order valence-corrected chi connectivity index (χ2v) is 4.83.